The third-order valence-corrected chi connectivity index (χ3v) is 4.83. The number of hydrazone groups is 1. The fourth-order valence-electron chi connectivity index (χ4n) is 2.74. The molecular formula is C24H18ClFN4O4. The summed E-state index contributed by atoms with van der Waals surface area (Å²) in [5.74, 6) is -1.68. The fraction of sp³-hybridized carbons (Fsp3) is 0.0833. The van der Waals surface area contributed by atoms with Gasteiger partial charge in [-0.15, -0.1) is 0 Å². The van der Waals surface area contributed by atoms with E-state index in [2.05, 4.69) is 15.8 Å². The summed E-state index contributed by atoms with van der Waals surface area (Å²) in [4.78, 5) is 23.9. The Bertz CT molecular complexity index is 1250. The molecule has 2 amide bonds. The van der Waals surface area contributed by atoms with E-state index in [1.165, 1.54) is 49.7 Å². The first-order chi connectivity index (χ1) is 16.4. The standard InChI is InChI=1S/C24H18ClFN4O4/c1-33-22-11-16(7-10-21(22)34-14-18-19(25)3-2-4-20(18)26)13-28-30-24(32)23(31)29-17-8-5-15(12-27)6-9-17/h2-11,13H,14H2,1H3,(H,29,31)(H,30,32)/b28-13+. The fourth-order valence-corrected chi connectivity index (χ4v) is 2.95. The number of carbonyl (C=O) groups is 2. The van der Waals surface area contributed by atoms with Crippen molar-refractivity contribution in [2.24, 2.45) is 5.10 Å². The zero-order valence-electron chi connectivity index (χ0n) is 17.8. The van der Waals surface area contributed by atoms with E-state index in [0.717, 1.165) is 0 Å². The maximum atomic E-state index is 13.9. The van der Waals surface area contributed by atoms with E-state index in [-0.39, 0.29) is 17.2 Å². The van der Waals surface area contributed by atoms with E-state index in [9.17, 15) is 14.0 Å². The van der Waals surface area contributed by atoms with Crippen LogP contribution in [0.25, 0.3) is 0 Å². The zero-order chi connectivity index (χ0) is 24.5. The number of nitrogens with one attached hydrogen (secondary N) is 2. The van der Waals surface area contributed by atoms with E-state index in [1.54, 1.807) is 24.3 Å². The molecule has 0 bridgehead atoms. The van der Waals surface area contributed by atoms with Crippen LogP contribution in [0.5, 0.6) is 11.5 Å². The maximum Gasteiger partial charge on any atom is 0.329 e. The molecule has 10 heteroatoms. The Labute approximate surface area is 199 Å². The number of anilines is 1. The smallest absolute Gasteiger partial charge is 0.329 e. The van der Waals surface area contributed by atoms with Gasteiger partial charge in [-0.1, -0.05) is 17.7 Å². The molecule has 0 aromatic heterocycles. The number of halogens is 2. The van der Waals surface area contributed by atoms with Crippen molar-refractivity contribution in [1.82, 2.24) is 5.43 Å². The van der Waals surface area contributed by atoms with E-state index in [1.807, 2.05) is 6.07 Å². The molecule has 172 valence electrons. The van der Waals surface area contributed by atoms with Crippen molar-refractivity contribution in [2.75, 3.05) is 12.4 Å². The average molecular weight is 481 g/mol. The maximum absolute atomic E-state index is 13.9. The summed E-state index contributed by atoms with van der Waals surface area (Å²) in [5, 5.41) is 15.2. The monoisotopic (exact) mass is 480 g/mol. The van der Waals surface area contributed by atoms with Gasteiger partial charge in [0.15, 0.2) is 11.5 Å². The van der Waals surface area contributed by atoms with E-state index in [4.69, 9.17) is 26.3 Å². The lowest BCUT2D eigenvalue weighted by atomic mass is 10.2. The van der Waals surface area contributed by atoms with Gasteiger partial charge in [0.2, 0.25) is 0 Å². The Morgan fingerprint density at radius 3 is 2.56 bits per heavy atom. The minimum Gasteiger partial charge on any atom is -0.493 e. The van der Waals surface area contributed by atoms with E-state index < -0.39 is 17.6 Å². The first kappa shape index (κ1) is 24.2. The highest BCUT2D eigenvalue weighted by atomic mass is 35.5. The van der Waals surface area contributed by atoms with Gasteiger partial charge >= 0.3 is 11.8 Å². The zero-order valence-corrected chi connectivity index (χ0v) is 18.6. The number of amides is 2. The van der Waals surface area contributed by atoms with Gasteiger partial charge in [0.1, 0.15) is 12.4 Å². The molecule has 2 N–H and O–H groups in total. The van der Waals surface area contributed by atoms with E-state index in [0.29, 0.717) is 28.3 Å². The van der Waals surface area contributed by atoms with Gasteiger partial charge in [0.25, 0.3) is 0 Å². The normalized spacial score (nSPS) is 10.4. The van der Waals surface area contributed by atoms with Crippen molar-refractivity contribution < 1.29 is 23.5 Å². The topological polar surface area (TPSA) is 113 Å². The Morgan fingerprint density at radius 2 is 1.88 bits per heavy atom. The van der Waals surface area contributed by atoms with Crippen molar-refractivity contribution in [3.63, 3.8) is 0 Å². The number of ether oxygens (including phenoxy) is 2. The lowest BCUT2D eigenvalue weighted by Gasteiger charge is -2.12. The molecule has 0 fully saturated rings. The van der Waals surface area contributed by atoms with Crippen LogP contribution in [0, 0.1) is 17.1 Å². The van der Waals surface area contributed by atoms with Gasteiger partial charge in [-0.25, -0.2) is 9.82 Å². The molecule has 0 aliphatic heterocycles. The van der Waals surface area contributed by atoms with Gasteiger partial charge in [0, 0.05) is 11.3 Å². The molecule has 3 aromatic carbocycles. The van der Waals surface area contributed by atoms with Crippen LogP contribution in [0.4, 0.5) is 10.1 Å². The number of rotatable bonds is 7. The lowest BCUT2D eigenvalue weighted by molar-refractivity contribution is -0.136. The second kappa shape index (κ2) is 11.4. The van der Waals surface area contributed by atoms with Crippen LogP contribution in [0.1, 0.15) is 16.7 Å². The number of benzene rings is 3. The first-order valence-corrected chi connectivity index (χ1v) is 10.2. The molecule has 0 saturated heterocycles. The van der Waals surface area contributed by atoms with Crippen molar-refractivity contribution in [3.8, 4) is 17.6 Å². The van der Waals surface area contributed by atoms with Crippen LogP contribution in [0.15, 0.2) is 65.8 Å². The largest absolute Gasteiger partial charge is 0.493 e. The highest BCUT2D eigenvalue weighted by Crippen LogP contribution is 2.29. The highest BCUT2D eigenvalue weighted by molar-refractivity contribution is 6.39. The van der Waals surface area contributed by atoms with Crippen molar-refractivity contribution >= 4 is 35.3 Å². The van der Waals surface area contributed by atoms with Crippen molar-refractivity contribution in [1.29, 1.82) is 5.26 Å². The van der Waals surface area contributed by atoms with Gasteiger partial charge in [-0.3, -0.25) is 9.59 Å². The van der Waals surface area contributed by atoms with Crippen LogP contribution in [-0.4, -0.2) is 25.1 Å². The predicted molar refractivity (Wildman–Crippen MR) is 124 cm³/mol. The molecule has 0 radical (unpaired) electrons. The van der Waals surface area contributed by atoms with Gasteiger partial charge < -0.3 is 14.8 Å². The van der Waals surface area contributed by atoms with Crippen LogP contribution in [-0.2, 0) is 16.2 Å². The van der Waals surface area contributed by atoms with Crippen LogP contribution in [0.2, 0.25) is 5.02 Å². The third-order valence-electron chi connectivity index (χ3n) is 4.48. The molecule has 0 aliphatic rings. The van der Waals surface area contributed by atoms with Gasteiger partial charge in [-0.2, -0.15) is 10.4 Å². The second-order valence-corrected chi connectivity index (χ2v) is 7.15. The predicted octanol–water partition coefficient (Wildman–Crippen LogP) is 4.03. The van der Waals surface area contributed by atoms with Gasteiger partial charge in [0.05, 0.1) is 30.0 Å². The Hall–Kier alpha value is -4.42. The molecule has 0 saturated carbocycles. The van der Waals surface area contributed by atoms with Crippen LogP contribution in [0.3, 0.4) is 0 Å². The number of nitriles is 1. The average Bonchev–Trinajstić information content (AvgIpc) is 2.84. The van der Waals surface area contributed by atoms with Gasteiger partial charge in [-0.05, 0) is 60.2 Å². The number of nitrogens with zero attached hydrogens (tertiary/aromatic N) is 2. The summed E-state index contributed by atoms with van der Waals surface area (Å²) in [6.45, 7) is -0.0975. The van der Waals surface area contributed by atoms with Crippen molar-refractivity contribution in [2.45, 2.75) is 6.61 Å². The third kappa shape index (κ3) is 6.31. The number of hydrogen-bond donors (Lipinski definition) is 2. The second-order valence-electron chi connectivity index (χ2n) is 6.74. The lowest BCUT2D eigenvalue weighted by Crippen LogP contribution is -2.32. The molecule has 0 heterocycles. The molecule has 8 nitrogen and oxygen atoms in total. The molecule has 0 atom stereocenters. The minimum absolute atomic E-state index is 0.0975. The number of hydrogen-bond acceptors (Lipinski definition) is 6. The molecular weight excluding hydrogens is 463 g/mol. The molecule has 3 aromatic rings. The quantitative estimate of drug-likeness (QED) is 0.301. The van der Waals surface area contributed by atoms with E-state index >= 15 is 0 Å². The summed E-state index contributed by atoms with van der Waals surface area (Å²) in [7, 11) is 1.44. The number of carbonyl (C=O) groups excluding carboxylic acids is 2. The van der Waals surface area contributed by atoms with Crippen molar-refractivity contribution in [3.05, 3.63) is 88.2 Å². The summed E-state index contributed by atoms with van der Waals surface area (Å²) in [5.41, 5.74) is 3.67. The first-order valence-electron chi connectivity index (χ1n) is 9.79. The number of methoxy groups -OCH3 is 1. The molecule has 34 heavy (non-hydrogen) atoms. The Kier molecular flexibility index (Phi) is 8.16. The SMILES string of the molecule is COc1cc(/C=N/NC(=O)C(=O)Nc2ccc(C#N)cc2)ccc1OCc1c(F)cccc1Cl. The molecule has 0 spiro atoms. The Balaban J connectivity index is 1.58. The summed E-state index contributed by atoms with van der Waals surface area (Å²) < 4.78 is 24.9. The van der Waals surface area contributed by atoms with Crippen LogP contribution < -0.4 is 20.2 Å². The molecule has 0 unspecified atom stereocenters. The Morgan fingerprint density at radius 1 is 1.12 bits per heavy atom. The summed E-state index contributed by atoms with van der Waals surface area (Å²) >= 11 is 6.01. The summed E-state index contributed by atoms with van der Waals surface area (Å²) in [6.07, 6.45) is 1.31. The summed E-state index contributed by atoms with van der Waals surface area (Å²) in [6, 6.07) is 17.2. The minimum atomic E-state index is -0.978. The molecule has 3 rings (SSSR count). The van der Waals surface area contributed by atoms with Crippen LogP contribution >= 0.6 is 11.6 Å². The molecule has 0 aliphatic carbocycles. The highest BCUT2D eigenvalue weighted by Gasteiger charge is 2.13.